The molecule has 0 aromatic heterocycles. The maximum absolute atomic E-state index is 2.60. The van der Waals surface area contributed by atoms with Crippen molar-refractivity contribution in [2.75, 3.05) is 0 Å². The predicted molar refractivity (Wildman–Crippen MR) is 283 cm³/mol. The zero-order valence-corrected chi connectivity index (χ0v) is 36.6. The Morgan fingerprint density at radius 2 is 0.409 bits per heavy atom. The number of fused-ring (bicyclic) bond motifs is 11. The summed E-state index contributed by atoms with van der Waals surface area (Å²) in [6.45, 7) is 0. The summed E-state index contributed by atoms with van der Waals surface area (Å²) in [5.74, 6) is 0. The van der Waals surface area contributed by atoms with Gasteiger partial charge in [-0.05, 0) is 179 Å². The Morgan fingerprint density at radius 3 is 0.712 bits per heavy atom. The van der Waals surface area contributed by atoms with Gasteiger partial charge in [-0.25, -0.2) is 0 Å². The van der Waals surface area contributed by atoms with Gasteiger partial charge in [0, 0.05) is 0 Å². The maximum Gasteiger partial charge on any atom is -0.00132 e. The van der Waals surface area contributed by atoms with Crippen LogP contribution in [0.15, 0.2) is 218 Å². The van der Waals surface area contributed by atoms with Gasteiger partial charge >= 0.3 is 0 Å². The molecule has 0 fully saturated rings. The molecule has 14 rings (SSSR count). The van der Waals surface area contributed by atoms with E-state index in [1.807, 2.05) is 0 Å². The molecule has 0 aliphatic heterocycles. The molecule has 14 aromatic rings. The van der Waals surface area contributed by atoms with E-state index in [1.54, 1.807) is 0 Å². The van der Waals surface area contributed by atoms with Crippen LogP contribution in [0.2, 0.25) is 0 Å². The van der Waals surface area contributed by atoms with Gasteiger partial charge in [-0.2, -0.15) is 0 Å². The Hall–Kier alpha value is -8.06. The fraction of sp³-hybridized carbons (Fsp3) is 0.0606. The molecule has 0 heteroatoms. The maximum atomic E-state index is 2.60. The first-order valence-corrected chi connectivity index (χ1v) is 23.5. The highest BCUT2D eigenvalue weighted by Gasteiger charge is 2.27. The normalized spacial score (nSPS) is 12.2. The van der Waals surface area contributed by atoms with Crippen LogP contribution in [0.4, 0.5) is 0 Å². The molecule has 308 valence electrons. The highest BCUT2D eigenvalue weighted by atomic mass is 14.3. The quantitative estimate of drug-likeness (QED) is 0.134. The van der Waals surface area contributed by atoms with E-state index in [-0.39, 0.29) is 0 Å². The lowest BCUT2D eigenvalue weighted by Crippen LogP contribution is -1.97. The first-order chi connectivity index (χ1) is 32.8. The summed E-state index contributed by atoms with van der Waals surface area (Å²) in [6.07, 6.45) is 3.47. The van der Waals surface area contributed by atoms with Crippen LogP contribution >= 0.6 is 0 Å². The molecule has 0 amide bonds. The standard InChI is InChI=1S/C66H44/c1-5-19-41(20-6-1)35-55-45-27-13-15-29-47(45)57(37-43-23-9-3-10-24-43)65-59-39-53-50-32-18-34-52-62(50)60(40-54(53)49-31-17-33-51(61(49)59)63(55)65)66-58(38-44-25-11-4-12-26-44)48-30-16-14-28-46(48)56(64(52)66)36-42-21-7-2-8-22-42/h1-34,39-40H,35-38H2. The molecule has 0 aliphatic rings. The second-order valence-corrected chi connectivity index (χ2v) is 18.6. The molecule has 14 aromatic carbocycles. The lowest BCUT2D eigenvalue weighted by Gasteiger charge is -2.16. The van der Waals surface area contributed by atoms with Crippen LogP contribution in [0.5, 0.6) is 0 Å². The molecule has 0 saturated heterocycles. The van der Waals surface area contributed by atoms with Crippen molar-refractivity contribution in [3.05, 3.63) is 263 Å². The van der Waals surface area contributed by atoms with Crippen LogP contribution < -0.4 is 0 Å². The summed E-state index contributed by atoms with van der Waals surface area (Å²) in [5, 5.41) is 24.6. The van der Waals surface area contributed by atoms with Crippen molar-refractivity contribution in [2.24, 2.45) is 0 Å². The monoisotopic (exact) mass is 836 g/mol. The van der Waals surface area contributed by atoms with Gasteiger partial charge < -0.3 is 0 Å². The lowest BCUT2D eigenvalue weighted by molar-refractivity contribution is 1.21. The van der Waals surface area contributed by atoms with Crippen molar-refractivity contribution >= 4 is 97.0 Å². The van der Waals surface area contributed by atoms with Crippen LogP contribution in [0.25, 0.3) is 97.0 Å². The van der Waals surface area contributed by atoms with Gasteiger partial charge in [-0.1, -0.05) is 206 Å². The third kappa shape index (κ3) is 5.58. The average Bonchev–Trinajstić information content (AvgIpc) is 3.89. The first kappa shape index (κ1) is 37.3. The molecule has 0 saturated carbocycles. The molecular weight excluding hydrogens is 793 g/mol. The van der Waals surface area contributed by atoms with Gasteiger partial charge in [0.2, 0.25) is 0 Å². The SMILES string of the molecule is c1ccc(Cc2c3ccccc3c(Cc3ccccc3)c3c4cc5c(cc6c7c(Cc8ccccc8)c8ccccc8c(Cc8ccccc8)c7c7cccc5c76)c5cccc(c23)c54)cc1. The van der Waals surface area contributed by atoms with E-state index in [4.69, 9.17) is 0 Å². The minimum Gasteiger partial charge on any atom is -0.0622 e. The third-order valence-corrected chi connectivity index (χ3v) is 14.9. The van der Waals surface area contributed by atoms with Gasteiger partial charge in [0.1, 0.15) is 0 Å². The minimum absolute atomic E-state index is 0.865. The molecule has 66 heavy (non-hydrogen) atoms. The van der Waals surface area contributed by atoms with Gasteiger partial charge in [-0.3, -0.25) is 0 Å². The van der Waals surface area contributed by atoms with Crippen molar-refractivity contribution < 1.29 is 0 Å². The van der Waals surface area contributed by atoms with Crippen molar-refractivity contribution in [2.45, 2.75) is 25.7 Å². The molecule has 0 nitrogen and oxygen atoms in total. The zero-order chi connectivity index (χ0) is 43.3. The molecule has 0 unspecified atom stereocenters. The fourth-order valence-corrected chi connectivity index (χ4v) is 12.3. The summed E-state index contributed by atoms with van der Waals surface area (Å²) in [7, 11) is 0. The molecular formula is C66H44. The first-order valence-electron chi connectivity index (χ1n) is 23.5. The fourth-order valence-electron chi connectivity index (χ4n) is 12.3. The lowest BCUT2D eigenvalue weighted by atomic mass is 9.87. The topological polar surface area (TPSA) is 0 Å². The molecule has 0 N–H and O–H groups in total. The van der Waals surface area contributed by atoms with Crippen LogP contribution in [0.3, 0.4) is 0 Å². The molecule has 0 bridgehead atoms. The second-order valence-electron chi connectivity index (χ2n) is 18.6. The molecule has 0 atom stereocenters. The smallest absolute Gasteiger partial charge is 0.00132 e. The van der Waals surface area contributed by atoms with E-state index in [2.05, 4.69) is 218 Å². The van der Waals surface area contributed by atoms with Crippen LogP contribution in [0.1, 0.15) is 44.5 Å². The number of hydrogen-bond acceptors (Lipinski definition) is 0. The Kier molecular flexibility index (Phi) is 8.34. The predicted octanol–water partition coefficient (Wildman–Crippen LogP) is 17.3. The summed E-state index contributed by atoms with van der Waals surface area (Å²) in [4.78, 5) is 0. The summed E-state index contributed by atoms with van der Waals surface area (Å²) in [5.41, 5.74) is 11.0. The van der Waals surface area contributed by atoms with E-state index in [0.29, 0.717) is 0 Å². The van der Waals surface area contributed by atoms with Crippen LogP contribution in [-0.4, -0.2) is 0 Å². The molecule has 0 radical (unpaired) electrons. The summed E-state index contributed by atoms with van der Waals surface area (Å²) < 4.78 is 0. The number of rotatable bonds is 8. The summed E-state index contributed by atoms with van der Waals surface area (Å²) in [6, 6.07) is 82.2. The molecule has 0 aliphatic carbocycles. The molecule has 0 heterocycles. The van der Waals surface area contributed by atoms with Crippen molar-refractivity contribution in [1.29, 1.82) is 0 Å². The van der Waals surface area contributed by atoms with Gasteiger partial charge in [0.25, 0.3) is 0 Å². The Balaban J connectivity index is 1.16. The summed E-state index contributed by atoms with van der Waals surface area (Å²) >= 11 is 0. The highest BCUT2D eigenvalue weighted by molar-refractivity contribution is 6.43. The highest BCUT2D eigenvalue weighted by Crippen LogP contribution is 2.52. The zero-order valence-electron chi connectivity index (χ0n) is 36.6. The van der Waals surface area contributed by atoms with Crippen molar-refractivity contribution in [1.82, 2.24) is 0 Å². The Morgan fingerprint density at radius 1 is 0.167 bits per heavy atom. The Labute approximate surface area is 383 Å². The van der Waals surface area contributed by atoms with Crippen LogP contribution in [0, 0.1) is 0 Å². The average molecular weight is 837 g/mol. The second kappa shape index (κ2) is 14.7. The minimum atomic E-state index is 0.865. The van der Waals surface area contributed by atoms with E-state index in [1.165, 1.54) is 141 Å². The largest absolute Gasteiger partial charge is 0.0622 e. The van der Waals surface area contributed by atoms with Gasteiger partial charge in [0.15, 0.2) is 0 Å². The van der Waals surface area contributed by atoms with E-state index in [0.717, 1.165) is 25.7 Å². The van der Waals surface area contributed by atoms with Crippen molar-refractivity contribution in [3.8, 4) is 0 Å². The van der Waals surface area contributed by atoms with Crippen LogP contribution in [-0.2, 0) is 25.7 Å². The number of benzene rings is 12. The third-order valence-electron chi connectivity index (χ3n) is 14.9. The van der Waals surface area contributed by atoms with E-state index < -0.39 is 0 Å². The molecule has 0 spiro atoms. The Bertz CT molecular complexity index is 3890. The van der Waals surface area contributed by atoms with E-state index >= 15 is 0 Å². The van der Waals surface area contributed by atoms with Gasteiger partial charge in [0.05, 0.1) is 0 Å². The van der Waals surface area contributed by atoms with Crippen molar-refractivity contribution in [3.63, 3.8) is 0 Å². The number of hydrogen-bond donors (Lipinski definition) is 0. The van der Waals surface area contributed by atoms with E-state index in [9.17, 15) is 0 Å². The van der Waals surface area contributed by atoms with Gasteiger partial charge in [-0.15, -0.1) is 0 Å².